The second kappa shape index (κ2) is 11.0. The number of carbonyl (C=O) groups is 1. The monoisotopic (exact) mass is 546 g/mol. The van der Waals surface area contributed by atoms with E-state index >= 15 is 0 Å². The number of halogens is 3. The van der Waals surface area contributed by atoms with Crippen molar-refractivity contribution in [3.63, 3.8) is 0 Å². The molecule has 202 valence electrons. The maximum absolute atomic E-state index is 14.1. The van der Waals surface area contributed by atoms with Gasteiger partial charge in [-0.15, -0.1) is 0 Å². The van der Waals surface area contributed by atoms with E-state index in [1.807, 2.05) is 9.47 Å². The zero-order valence-corrected chi connectivity index (χ0v) is 21.7. The van der Waals surface area contributed by atoms with Gasteiger partial charge in [0, 0.05) is 56.4 Å². The molecule has 1 aromatic heterocycles. The largest absolute Gasteiger partial charge is 0.491 e. The highest BCUT2D eigenvalue weighted by Crippen LogP contribution is 2.37. The third-order valence-electron chi connectivity index (χ3n) is 6.95. The number of nitrogens with zero attached hydrogens (tertiary/aromatic N) is 3. The molecule has 8 nitrogen and oxygen atoms in total. The normalized spacial score (nSPS) is 17.5. The molecule has 11 heteroatoms. The van der Waals surface area contributed by atoms with Gasteiger partial charge < -0.3 is 14.4 Å². The van der Waals surface area contributed by atoms with Gasteiger partial charge in [0.05, 0.1) is 10.5 Å². The lowest BCUT2D eigenvalue weighted by Crippen LogP contribution is -2.55. The molecular formula is C27H29ClF2N4O4. The summed E-state index contributed by atoms with van der Waals surface area (Å²) >= 11 is 5.95. The molecule has 3 aromatic rings. The molecular weight excluding hydrogens is 518 g/mol. The second-order valence-corrected chi connectivity index (χ2v) is 10.3. The third-order valence-corrected chi connectivity index (χ3v) is 7.24. The van der Waals surface area contributed by atoms with Crippen molar-refractivity contribution in [2.45, 2.75) is 31.9 Å². The SMILES string of the molecule is Cc1ccc(OC[C@@H](O)CN2CCN(NC(=O)c3cn(C4CC4)c4cc(Cl)c(F)cc4c3=O)CC2)cc1F. The maximum atomic E-state index is 14.1. The van der Waals surface area contributed by atoms with E-state index in [0.717, 1.165) is 18.9 Å². The highest BCUT2D eigenvalue weighted by molar-refractivity contribution is 6.31. The Hall–Kier alpha value is -3.05. The van der Waals surface area contributed by atoms with E-state index in [2.05, 4.69) is 5.43 Å². The minimum atomic E-state index is -0.770. The summed E-state index contributed by atoms with van der Waals surface area (Å²) in [6.45, 7) is 4.17. The highest BCUT2D eigenvalue weighted by Gasteiger charge is 2.28. The summed E-state index contributed by atoms with van der Waals surface area (Å²) < 4.78 is 35.2. The lowest BCUT2D eigenvalue weighted by atomic mass is 10.1. The van der Waals surface area contributed by atoms with Gasteiger partial charge in [0.1, 0.15) is 35.7 Å². The first-order valence-corrected chi connectivity index (χ1v) is 13.0. The van der Waals surface area contributed by atoms with Crippen molar-refractivity contribution >= 4 is 28.4 Å². The van der Waals surface area contributed by atoms with Crippen molar-refractivity contribution in [3.05, 3.63) is 74.5 Å². The molecule has 2 aliphatic rings. The van der Waals surface area contributed by atoms with E-state index in [1.165, 1.54) is 12.1 Å². The number of ether oxygens (including phenoxy) is 1. The molecule has 1 saturated heterocycles. The number of hydrogen-bond acceptors (Lipinski definition) is 6. The fourth-order valence-corrected chi connectivity index (χ4v) is 4.77. The Morgan fingerprint density at radius 2 is 1.89 bits per heavy atom. The minimum Gasteiger partial charge on any atom is -0.491 e. The Labute approximate surface area is 223 Å². The molecule has 0 bridgehead atoms. The molecule has 1 atom stereocenters. The van der Waals surface area contributed by atoms with Gasteiger partial charge in [-0.05, 0) is 43.5 Å². The van der Waals surface area contributed by atoms with Crippen LogP contribution in [0.25, 0.3) is 10.9 Å². The van der Waals surface area contributed by atoms with Crippen molar-refractivity contribution in [2.75, 3.05) is 39.3 Å². The standard InChI is InChI=1S/C27H29ClF2N4O4/c1-16-2-5-19(10-23(16)29)38-15-18(35)13-32-6-8-33(9-7-32)31-27(37)21-14-34(17-3-4-17)25-12-22(28)24(30)11-20(25)26(21)36/h2,5,10-12,14,17-18,35H,3-4,6-9,13,15H2,1H3,(H,31,37)/t18-/m0/s1. The third kappa shape index (κ3) is 5.83. The molecule has 1 saturated carbocycles. The van der Waals surface area contributed by atoms with Crippen LogP contribution in [0, 0.1) is 18.6 Å². The van der Waals surface area contributed by atoms with Gasteiger partial charge in [-0.3, -0.25) is 19.9 Å². The summed E-state index contributed by atoms with van der Waals surface area (Å²) in [6.07, 6.45) is 2.59. The Bertz CT molecular complexity index is 1420. The van der Waals surface area contributed by atoms with Crippen molar-refractivity contribution in [2.24, 2.45) is 0 Å². The molecule has 1 aliphatic carbocycles. The van der Waals surface area contributed by atoms with Crippen LogP contribution in [0.3, 0.4) is 0 Å². The minimum absolute atomic E-state index is 0.0283. The highest BCUT2D eigenvalue weighted by atomic mass is 35.5. The number of carbonyl (C=O) groups excluding carboxylic acids is 1. The first-order valence-electron chi connectivity index (χ1n) is 12.6. The zero-order valence-electron chi connectivity index (χ0n) is 20.9. The predicted molar refractivity (Wildman–Crippen MR) is 140 cm³/mol. The molecule has 1 aliphatic heterocycles. The summed E-state index contributed by atoms with van der Waals surface area (Å²) in [7, 11) is 0. The number of aliphatic hydroxyl groups is 1. The Morgan fingerprint density at radius 1 is 1.16 bits per heavy atom. The number of hydrazine groups is 1. The first kappa shape index (κ1) is 26.6. The summed E-state index contributed by atoms with van der Waals surface area (Å²) in [5.74, 6) is -1.25. The van der Waals surface area contributed by atoms with Crippen LogP contribution in [0.5, 0.6) is 5.75 Å². The molecule has 2 fully saturated rings. The van der Waals surface area contributed by atoms with Gasteiger partial charge >= 0.3 is 0 Å². The number of piperazine rings is 1. The number of nitrogens with one attached hydrogen (secondary N) is 1. The molecule has 2 N–H and O–H groups in total. The van der Waals surface area contributed by atoms with Crippen molar-refractivity contribution in [1.29, 1.82) is 0 Å². The molecule has 0 unspecified atom stereocenters. The average molecular weight is 547 g/mol. The lowest BCUT2D eigenvalue weighted by molar-refractivity contribution is 0.0316. The van der Waals surface area contributed by atoms with E-state index in [-0.39, 0.29) is 34.4 Å². The summed E-state index contributed by atoms with van der Waals surface area (Å²) in [4.78, 5) is 28.2. The van der Waals surface area contributed by atoms with Gasteiger partial charge in [0.25, 0.3) is 5.91 Å². The Morgan fingerprint density at radius 3 is 2.58 bits per heavy atom. The lowest BCUT2D eigenvalue weighted by Gasteiger charge is -2.35. The molecule has 0 spiro atoms. The van der Waals surface area contributed by atoms with E-state index < -0.39 is 23.3 Å². The average Bonchev–Trinajstić information content (AvgIpc) is 3.73. The summed E-state index contributed by atoms with van der Waals surface area (Å²) in [5, 5.41) is 12.1. The van der Waals surface area contributed by atoms with Crippen molar-refractivity contribution in [1.82, 2.24) is 19.9 Å². The van der Waals surface area contributed by atoms with E-state index in [0.29, 0.717) is 49.6 Å². The number of aliphatic hydroxyl groups excluding tert-OH is 1. The smallest absolute Gasteiger partial charge is 0.271 e. The second-order valence-electron chi connectivity index (χ2n) is 9.90. The number of aryl methyl sites for hydroxylation is 1. The molecule has 38 heavy (non-hydrogen) atoms. The van der Waals surface area contributed by atoms with Gasteiger partial charge in [-0.2, -0.15) is 0 Å². The van der Waals surface area contributed by atoms with Gasteiger partial charge in [0.2, 0.25) is 5.43 Å². The summed E-state index contributed by atoms with van der Waals surface area (Å²) in [5.41, 5.74) is 3.25. The quantitative estimate of drug-likeness (QED) is 0.451. The molecule has 2 heterocycles. The number of aromatic nitrogens is 1. The molecule has 1 amide bonds. The molecule has 0 radical (unpaired) electrons. The van der Waals surface area contributed by atoms with E-state index in [4.69, 9.17) is 16.3 Å². The fourth-order valence-electron chi connectivity index (χ4n) is 4.61. The van der Waals surface area contributed by atoms with E-state index in [9.17, 15) is 23.5 Å². The number of β-amino-alcohol motifs (C(OH)–C–C–N with tert-alkyl or cyclic N) is 1. The number of rotatable bonds is 8. The van der Waals surface area contributed by atoms with Crippen LogP contribution >= 0.6 is 11.6 Å². The van der Waals surface area contributed by atoms with E-state index in [1.54, 1.807) is 30.3 Å². The van der Waals surface area contributed by atoms with Crippen LogP contribution in [-0.4, -0.2) is 70.9 Å². The Kier molecular flexibility index (Phi) is 7.67. The number of benzene rings is 2. The number of amides is 1. The van der Waals surface area contributed by atoms with Crippen LogP contribution < -0.4 is 15.6 Å². The summed E-state index contributed by atoms with van der Waals surface area (Å²) in [6, 6.07) is 7.26. The molecule has 2 aromatic carbocycles. The van der Waals surface area contributed by atoms with Gasteiger partial charge in [-0.25, -0.2) is 13.8 Å². The van der Waals surface area contributed by atoms with Crippen LogP contribution in [0.2, 0.25) is 5.02 Å². The topological polar surface area (TPSA) is 87.0 Å². The maximum Gasteiger partial charge on any atom is 0.271 e. The number of hydrogen-bond donors (Lipinski definition) is 2. The van der Waals surface area contributed by atoms with Crippen LogP contribution in [0.4, 0.5) is 8.78 Å². The number of fused-ring (bicyclic) bond motifs is 1. The molecule has 5 rings (SSSR count). The van der Waals surface area contributed by atoms with Crippen LogP contribution in [0.15, 0.2) is 41.3 Å². The van der Waals surface area contributed by atoms with Crippen LogP contribution in [0.1, 0.15) is 34.8 Å². The Balaban J connectivity index is 1.17. The van der Waals surface area contributed by atoms with Gasteiger partial charge in [0.15, 0.2) is 0 Å². The fraction of sp³-hybridized carbons (Fsp3) is 0.407. The van der Waals surface area contributed by atoms with Crippen molar-refractivity contribution in [3.8, 4) is 5.75 Å². The predicted octanol–water partition coefficient (Wildman–Crippen LogP) is 3.28. The number of pyridine rings is 1. The van der Waals surface area contributed by atoms with Gasteiger partial charge in [-0.1, -0.05) is 17.7 Å². The van der Waals surface area contributed by atoms with Crippen molar-refractivity contribution < 1.29 is 23.4 Å². The first-order chi connectivity index (χ1) is 18.2. The van der Waals surface area contributed by atoms with Crippen LogP contribution in [-0.2, 0) is 0 Å². The zero-order chi connectivity index (χ0) is 27.0.